The molecule has 2 aromatic rings. The maximum Gasteiger partial charge on any atom is 0.346 e. The molecule has 0 spiro atoms. The predicted molar refractivity (Wildman–Crippen MR) is 175 cm³/mol. The van der Waals surface area contributed by atoms with E-state index < -0.39 is 72.2 Å². The van der Waals surface area contributed by atoms with Gasteiger partial charge in [-0.1, -0.05) is 63.5 Å². The summed E-state index contributed by atoms with van der Waals surface area (Å²) >= 11 is 6.28. The average Bonchev–Trinajstić information content (AvgIpc) is 3.52. The Morgan fingerprint density at radius 1 is 1.21 bits per heavy atom. The highest BCUT2D eigenvalue weighted by molar-refractivity contribution is 7.97. The summed E-state index contributed by atoms with van der Waals surface area (Å²) < 4.78 is 68.3. The Hall–Kier alpha value is -2.35. The number of pyridine rings is 1. The molecule has 0 radical (unpaired) electrons. The molecule has 0 amide bonds. The zero-order valence-electron chi connectivity index (χ0n) is 26.7. The van der Waals surface area contributed by atoms with Crippen molar-refractivity contribution in [2.45, 2.75) is 114 Å². The lowest BCUT2D eigenvalue weighted by Crippen LogP contribution is -2.36. The summed E-state index contributed by atoms with van der Waals surface area (Å²) in [4.78, 5) is 26.3. The molecule has 2 fully saturated rings. The van der Waals surface area contributed by atoms with Gasteiger partial charge in [0.15, 0.2) is 26.7 Å². The molecule has 268 valence electrons. The Bertz CT molecular complexity index is 1620. The molecule has 1 saturated carbocycles. The van der Waals surface area contributed by atoms with Gasteiger partial charge in [-0.05, 0) is 25.3 Å². The standard InChI is InChI=1S/C30H43ClFN4O10PS/c1-2-3-4-5-6-7-8-9-10-24(37)44-17-45-47(40,41)18-48(42,43)16-23-26(38)27(39)30(46-23)36-12-11-21-25(34-20-13-19(32)14-20)22(15-33)28(31)35-29(21)36/h11-12,19-20,23,26-27,30,38-39H,2-10,13-14,16-18H2,1H3,(H,34,35)(H,40,41)/t19?,20?,23-,26-,27-,30-/m1/s1. The number of fused-ring (bicyclic) bond motifs is 1. The van der Waals surface area contributed by atoms with Gasteiger partial charge >= 0.3 is 13.6 Å². The SMILES string of the molecule is CCCCCCCCCCC(=O)OCOP(=O)(O)CS(=O)(=O)C[C@H]1O[C@@H](n2ccc3c(NC4CC(F)C4)c(C#N)c(Cl)nc32)[C@H](O)[C@@H]1O. The summed E-state index contributed by atoms with van der Waals surface area (Å²) in [6.45, 7) is 1.24. The zero-order valence-corrected chi connectivity index (χ0v) is 29.1. The molecular weight excluding hydrogens is 694 g/mol. The minimum atomic E-state index is -4.79. The third-order valence-corrected chi connectivity index (χ3v) is 13.0. The van der Waals surface area contributed by atoms with Crippen LogP contribution in [0.1, 0.15) is 89.3 Å². The van der Waals surface area contributed by atoms with Crippen LogP contribution in [0.3, 0.4) is 0 Å². The van der Waals surface area contributed by atoms with E-state index in [0.717, 1.165) is 25.7 Å². The monoisotopic (exact) mass is 736 g/mol. The Balaban J connectivity index is 1.30. The van der Waals surface area contributed by atoms with E-state index in [4.69, 9.17) is 25.6 Å². The largest absolute Gasteiger partial charge is 0.438 e. The van der Waals surface area contributed by atoms with E-state index in [0.29, 0.717) is 17.5 Å². The van der Waals surface area contributed by atoms with Crippen LogP contribution in [0.5, 0.6) is 0 Å². The number of alkyl halides is 1. The molecule has 1 saturated heterocycles. The summed E-state index contributed by atoms with van der Waals surface area (Å²) in [7, 11) is -9.22. The molecule has 48 heavy (non-hydrogen) atoms. The Labute approximate surface area is 284 Å². The second kappa shape index (κ2) is 17.0. The normalized spacial score (nSPS) is 25.4. The number of aromatic nitrogens is 2. The first-order chi connectivity index (χ1) is 22.7. The van der Waals surface area contributed by atoms with E-state index in [-0.39, 0.29) is 41.7 Å². The van der Waals surface area contributed by atoms with E-state index in [1.54, 1.807) is 6.07 Å². The Morgan fingerprint density at radius 2 is 1.88 bits per heavy atom. The van der Waals surface area contributed by atoms with Gasteiger partial charge in [-0.25, -0.2) is 17.8 Å². The molecule has 1 aliphatic carbocycles. The first kappa shape index (κ1) is 38.5. The molecule has 14 nitrogen and oxygen atoms in total. The van der Waals surface area contributed by atoms with Gasteiger partial charge < -0.3 is 34.5 Å². The number of hydrogen-bond donors (Lipinski definition) is 4. The first-order valence-corrected chi connectivity index (χ1v) is 20.1. The fraction of sp³-hybridized carbons (Fsp3) is 0.700. The number of nitrogens with one attached hydrogen (secondary N) is 1. The van der Waals surface area contributed by atoms with Gasteiger partial charge in [-0.15, -0.1) is 0 Å². The van der Waals surface area contributed by atoms with E-state index in [2.05, 4.69) is 17.2 Å². The number of halogens is 2. The van der Waals surface area contributed by atoms with E-state index in [1.807, 2.05) is 6.07 Å². The van der Waals surface area contributed by atoms with Crippen molar-refractivity contribution in [3.05, 3.63) is 23.0 Å². The lowest BCUT2D eigenvalue weighted by molar-refractivity contribution is -0.150. The van der Waals surface area contributed by atoms with Crippen molar-refractivity contribution in [1.82, 2.24) is 9.55 Å². The van der Waals surface area contributed by atoms with Crippen LogP contribution in [0, 0.1) is 11.3 Å². The fourth-order valence-corrected chi connectivity index (χ4v) is 9.72. The number of unbranched alkanes of at least 4 members (excludes halogenated alkanes) is 7. The van der Waals surface area contributed by atoms with Crippen molar-refractivity contribution in [3.63, 3.8) is 0 Å². The molecule has 3 heterocycles. The number of nitriles is 1. The molecule has 4 N–H and O–H groups in total. The number of esters is 1. The van der Waals surface area contributed by atoms with Gasteiger partial charge in [-0.3, -0.25) is 13.9 Å². The second-order valence-electron chi connectivity index (χ2n) is 12.3. The third kappa shape index (κ3) is 10.1. The van der Waals surface area contributed by atoms with Gasteiger partial charge in [0.2, 0.25) is 6.79 Å². The zero-order chi connectivity index (χ0) is 35.1. The smallest absolute Gasteiger partial charge is 0.346 e. The number of anilines is 1. The van der Waals surface area contributed by atoms with Crippen molar-refractivity contribution in [3.8, 4) is 6.07 Å². The number of rotatable bonds is 19. The van der Waals surface area contributed by atoms with Crippen molar-refractivity contribution in [2.24, 2.45) is 0 Å². The van der Waals surface area contributed by atoms with Crippen LogP contribution in [0.25, 0.3) is 11.0 Å². The van der Waals surface area contributed by atoms with Crippen LogP contribution >= 0.6 is 19.2 Å². The van der Waals surface area contributed by atoms with Crippen molar-refractivity contribution in [1.29, 1.82) is 5.26 Å². The maximum atomic E-state index is 13.4. The average molecular weight is 737 g/mol. The lowest BCUT2D eigenvalue weighted by Gasteiger charge is -2.31. The number of aliphatic hydroxyl groups excluding tert-OH is 2. The minimum absolute atomic E-state index is 0.0371. The van der Waals surface area contributed by atoms with E-state index in [1.165, 1.54) is 30.0 Å². The number of ether oxygens (including phenoxy) is 2. The summed E-state index contributed by atoms with van der Waals surface area (Å²) in [5.41, 5.74) is -0.857. The first-order valence-electron chi connectivity index (χ1n) is 16.1. The van der Waals surface area contributed by atoms with Gasteiger partial charge in [0.1, 0.15) is 41.8 Å². The highest BCUT2D eigenvalue weighted by Gasteiger charge is 2.47. The van der Waals surface area contributed by atoms with Crippen LogP contribution in [-0.4, -0.2) is 87.6 Å². The molecular formula is C30H43ClFN4O10PS. The highest BCUT2D eigenvalue weighted by atomic mass is 35.5. The number of hydrogen-bond acceptors (Lipinski definition) is 12. The minimum Gasteiger partial charge on any atom is -0.438 e. The van der Waals surface area contributed by atoms with Crippen LogP contribution < -0.4 is 5.32 Å². The van der Waals surface area contributed by atoms with Crippen molar-refractivity contribution in [2.75, 3.05) is 23.4 Å². The Kier molecular flexibility index (Phi) is 13.7. The highest BCUT2D eigenvalue weighted by Crippen LogP contribution is 2.44. The number of nitrogens with zero attached hydrogens (tertiary/aromatic N) is 3. The number of carbonyl (C=O) groups is 1. The molecule has 0 bridgehead atoms. The van der Waals surface area contributed by atoms with E-state index >= 15 is 0 Å². The van der Waals surface area contributed by atoms with Crippen LogP contribution in [0.2, 0.25) is 5.15 Å². The fourth-order valence-electron chi connectivity index (χ4n) is 5.80. The van der Waals surface area contributed by atoms with Gasteiger partial charge in [0, 0.05) is 24.0 Å². The summed E-state index contributed by atoms with van der Waals surface area (Å²) in [6.07, 6.45) is 3.09. The molecule has 1 unspecified atom stereocenters. The summed E-state index contributed by atoms with van der Waals surface area (Å²) in [6, 6.07) is 3.30. The third-order valence-electron chi connectivity index (χ3n) is 8.46. The number of aliphatic hydroxyl groups is 2. The molecule has 1 aliphatic heterocycles. The summed E-state index contributed by atoms with van der Waals surface area (Å²) in [5.74, 6) is -1.58. The predicted octanol–water partition coefficient (Wildman–Crippen LogP) is 4.70. The number of sulfone groups is 1. The number of carbonyl (C=O) groups excluding carboxylic acids is 1. The Morgan fingerprint density at radius 3 is 2.52 bits per heavy atom. The molecule has 4 rings (SSSR count). The molecule has 2 aromatic heterocycles. The second-order valence-corrected chi connectivity index (χ2v) is 17.1. The molecule has 18 heteroatoms. The van der Waals surface area contributed by atoms with Gasteiger partial charge in [0.25, 0.3) is 0 Å². The molecule has 0 aromatic carbocycles. The molecule has 5 atom stereocenters. The lowest BCUT2D eigenvalue weighted by atomic mass is 9.90. The quantitative estimate of drug-likeness (QED) is 0.0507. The maximum absolute atomic E-state index is 13.4. The van der Waals surface area contributed by atoms with Gasteiger partial charge in [-0.2, -0.15) is 5.26 Å². The van der Waals surface area contributed by atoms with Crippen LogP contribution in [0.4, 0.5) is 10.1 Å². The topological polar surface area (TPSA) is 210 Å². The summed E-state index contributed by atoms with van der Waals surface area (Å²) in [5, 5.41) is 34.5. The molecule has 2 aliphatic rings. The van der Waals surface area contributed by atoms with Crippen LogP contribution in [0.15, 0.2) is 12.3 Å². The van der Waals surface area contributed by atoms with Crippen molar-refractivity contribution >= 4 is 51.7 Å². The van der Waals surface area contributed by atoms with Crippen molar-refractivity contribution < 1.29 is 51.3 Å². The van der Waals surface area contributed by atoms with Gasteiger partial charge in [0.05, 0.1) is 11.4 Å². The van der Waals surface area contributed by atoms with Crippen LogP contribution in [-0.2, 0) is 33.2 Å². The van der Waals surface area contributed by atoms with E-state index in [9.17, 15) is 42.5 Å².